The van der Waals surface area contributed by atoms with Crippen molar-refractivity contribution in [3.8, 4) is 22.9 Å². The molecule has 0 spiro atoms. The van der Waals surface area contributed by atoms with Crippen molar-refractivity contribution in [1.82, 2.24) is 19.7 Å². The second-order valence-electron chi connectivity index (χ2n) is 6.49. The Morgan fingerprint density at radius 1 is 1.13 bits per heavy atom. The van der Waals surface area contributed by atoms with E-state index in [1.807, 2.05) is 6.92 Å². The highest BCUT2D eigenvalue weighted by Gasteiger charge is 2.14. The lowest BCUT2D eigenvalue weighted by atomic mass is 10.2. The second-order valence-corrected chi connectivity index (χ2v) is 6.49. The Morgan fingerprint density at radius 3 is 2.77 bits per heavy atom. The Labute approximate surface area is 170 Å². The summed E-state index contributed by atoms with van der Waals surface area (Å²) in [7, 11) is 1.56. The molecule has 1 N–H and O–H groups in total. The van der Waals surface area contributed by atoms with Gasteiger partial charge in [-0.15, -0.1) is 0 Å². The van der Waals surface area contributed by atoms with E-state index in [2.05, 4.69) is 15.1 Å². The molecular weight excluding hydrogens is 388 g/mol. The highest BCUT2D eigenvalue weighted by Crippen LogP contribution is 2.31. The van der Waals surface area contributed by atoms with E-state index in [1.165, 1.54) is 0 Å². The Balaban J connectivity index is 1.56. The first kappa shape index (κ1) is 19.4. The van der Waals surface area contributed by atoms with Crippen LogP contribution in [0.3, 0.4) is 0 Å². The molecule has 0 aliphatic carbocycles. The van der Waals surface area contributed by atoms with E-state index in [0.29, 0.717) is 46.3 Å². The quantitative estimate of drug-likeness (QED) is 0.500. The normalized spacial score (nSPS) is 11.0. The van der Waals surface area contributed by atoms with Gasteiger partial charge in [0.1, 0.15) is 0 Å². The van der Waals surface area contributed by atoms with Gasteiger partial charge in [0.05, 0.1) is 24.6 Å². The predicted octanol–water partition coefficient (Wildman–Crippen LogP) is 2.39. The fourth-order valence-electron chi connectivity index (χ4n) is 3.16. The molecule has 0 amide bonds. The van der Waals surface area contributed by atoms with Gasteiger partial charge >= 0.3 is 5.69 Å². The second kappa shape index (κ2) is 8.24. The summed E-state index contributed by atoms with van der Waals surface area (Å²) in [6, 6.07) is 12.2. The Hall–Kier alpha value is -3.88. The Bertz CT molecular complexity index is 1300. The van der Waals surface area contributed by atoms with E-state index in [-0.39, 0.29) is 18.5 Å². The van der Waals surface area contributed by atoms with Crippen LogP contribution >= 0.6 is 0 Å². The molecule has 0 bridgehead atoms. The molecule has 0 unspecified atom stereocenters. The smallest absolute Gasteiger partial charge is 0.328 e. The van der Waals surface area contributed by atoms with Crippen molar-refractivity contribution in [2.75, 3.05) is 13.7 Å². The van der Waals surface area contributed by atoms with Crippen molar-refractivity contribution in [3.63, 3.8) is 0 Å². The zero-order valence-electron chi connectivity index (χ0n) is 16.5. The first-order chi connectivity index (χ1) is 14.6. The summed E-state index contributed by atoms with van der Waals surface area (Å²) in [4.78, 5) is 32.0. The van der Waals surface area contributed by atoms with E-state index in [0.717, 1.165) is 4.57 Å². The number of methoxy groups -OCH3 is 1. The largest absolute Gasteiger partial charge is 0.493 e. The van der Waals surface area contributed by atoms with Gasteiger partial charge in [0.15, 0.2) is 11.5 Å². The number of hydrogen-bond donors (Lipinski definition) is 1. The Kier molecular flexibility index (Phi) is 5.34. The number of rotatable bonds is 7. The average molecular weight is 408 g/mol. The van der Waals surface area contributed by atoms with Crippen LogP contribution in [0.25, 0.3) is 22.3 Å². The predicted molar refractivity (Wildman–Crippen MR) is 110 cm³/mol. The zero-order valence-corrected chi connectivity index (χ0v) is 16.5. The molecule has 2 aromatic carbocycles. The first-order valence-electron chi connectivity index (χ1n) is 9.46. The van der Waals surface area contributed by atoms with E-state index >= 15 is 0 Å². The van der Waals surface area contributed by atoms with Crippen molar-refractivity contribution in [2.24, 2.45) is 0 Å². The number of H-pyrrole nitrogens is 1. The van der Waals surface area contributed by atoms with Gasteiger partial charge < -0.3 is 19.0 Å². The summed E-state index contributed by atoms with van der Waals surface area (Å²) in [5.41, 5.74) is 0.374. The van der Waals surface area contributed by atoms with Gasteiger partial charge in [-0.2, -0.15) is 4.98 Å². The maximum absolute atomic E-state index is 12.6. The van der Waals surface area contributed by atoms with Crippen molar-refractivity contribution in [2.45, 2.75) is 19.9 Å². The van der Waals surface area contributed by atoms with Gasteiger partial charge in [0.2, 0.25) is 11.7 Å². The molecule has 154 valence electrons. The maximum Gasteiger partial charge on any atom is 0.328 e. The molecule has 0 aliphatic heterocycles. The number of fused-ring (bicyclic) bond motifs is 1. The number of hydrogen-bond acceptors (Lipinski definition) is 7. The molecule has 0 radical (unpaired) electrons. The van der Waals surface area contributed by atoms with Crippen molar-refractivity contribution < 1.29 is 14.0 Å². The molecule has 0 aliphatic rings. The average Bonchev–Trinajstić information content (AvgIpc) is 3.23. The van der Waals surface area contributed by atoms with Gasteiger partial charge in [-0.05, 0) is 37.3 Å². The summed E-state index contributed by atoms with van der Waals surface area (Å²) in [6.45, 7) is 2.54. The van der Waals surface area contributed by atoms with Crippen molar-refractivity contribution in [1.29, 1.82) is 0 Å². The molecule has 4 aromatic rings. The first-order valence-corrected chi connectivity index (χ1v) is 9.46. The third kappa shape index (κ3) is 3.69. The number of aryl methyl sites for hydroxylation is 1. The lowest BCUT2D eigenvalue weighted by Gasteiger charge is -2.09. The molecule has 0 fully saturated rings. The van der Waals surface area contributed by atoms with Crippen molar-refractivity contribution >= 4 is 10.9 Å². The van der Waals surface area contributed by atoms with Crippen LogP contribution in [0.4, 0.5) is 0 Å². The van der Waals surface area contributed by atoms with Crippen LogP contribution in [0.1, 0.15) is 12.8 Å². The van der Waals surface area contributed by atoms with E-state index in [9.17, 15) is 9.59 Å². The number of nitrogens with zero attached hydrogens (tertiary/aromatic N) is 3. The summed E-state index contributed by atoms with van der Waals surface area (Å²) in [6.07, 6.45) is 0.239. The van der Waals surface area contributed by atoms with Gasteiger partial charge in [-0.1, -0.05) is 17.3 Å². The lowest BCUT2D eigenvalue weighted by molar-refractivity contribution is 0.311. The van der Waals surface area contributed by atoms with Crippen LogP contribution in [0.15, 0.2) is 56.6 Å². The van der Waals surface area contributed by atoms with Gasteiger partial charge in [-0.25, -0.2) is 4.79 Å². The number of nitrogens with one attached hydrogen (secondary N) is 1. The zero-order chi connectivity index (χ0) is 21.1. The van der Waals surface area contributed by atoms with Crippen LogP contribution in [0, 0.1) is 0 Å². The Morgan fingerprint density at radius 2 is 1.97 bits per heavy atom. The highest BCUT2D eigenvalue weighted by atomic mass is 16.5. The summed E-state index contributed by atoms with van der Waals surface area (Å²) in [5, 5.41) is 4.44. The molecule has 9 heteroatoms. The summed E-state index contributed by atoms with van der Waals surface area (Å²) >= 11 is 0. The third-order valence-electron chi connectivity index (χ3n) is 4.63. The van der Waals surface area contributed by atoms with E-state index < -0.39 is 5.69 Å². The van der Waals surface area contributed by atoms with Crippen LogP contribution < -0.4 is 20.7 Å². The number of aromatic amines is 1. The summed E-state index contributed by atoms with van der Waals surface area (Å²) < 4.78 is 17.3. The summed E-state index contributed by atoms with van der Waals surface area (Å²) in [5.74, 6) is 1.89. The molecule has 30 heavy (non-hydrogen) atoms. The van der Waals surface area contributed by atoms with Crippen LogP contribution in [0.5, 0.6) is 11.5 Å². The van der Waals surface area contributed by atoms with Gasteiger partial charge in [0.25, 0.3) is 5.56 Å². The number of aromatic nitrogens is 4. The molecule has 4 rings (SSSR count). The molecule has 9 nitrogen and oxygen atoms in total. The molecule has 0 saturated heterocycles. The van der Waals surface area contributed by atoms with E-state index in [4.69, 9.17) is 14.0 Å². The van der Waals surface area contributed by atoms with Crippen LogP contribution in [-0.4, -0.2) is 33.4 Å². The molecule has 0 saturated carbocycles. The molecular formula is C21H20N4O5. The van der Waals surface area contributed by atoms with Crippen LogP contribution in [0.2, 0.25) is 0 Å². The third-order valence-corrected chi connectivity index (χ3v) is 4.63. The topological polar surface area (TPSA) is 112 Å². The SMILES string of the molecule is CCOc1ccc(-c2noc(CCn3c(=O)[nH]c4ccccc4c3=O)n2)cc1OC. The highest BCUT2D eigenvalue weighted by molar-refractivity contribution is 5.76. The lowest BCUT2D eigenvalue weighted by Crippen LogP contribution is -2.35. The molecule has 0 atom stereocenters. The van der Waals surface area contributed by atoms with Crippen molar-refractivity contribution in [3.05, 3.63) is 69.2 Å². The minimum atomic E-state index is -0.477. The maximum atomic E-state index is 12.6. The number of ether oxygens (including phenoxy) is 2. The van der Waals surface area contributed by atoms with E-state index in [1.54, 1.807) is 49.6 Å². The van der Waals surface area contributed by atoms with Crippen LogP contribution in [-0.2, 0) is 13.0 Å². The molecule has 2 aromatic heterocycles. The fourth-order valence-corrected chi connectivity index (χ4v) is 3.16. The fraction of sp³-hybridized carbons (Fsp3) is 0.238. The monoisotopic (exact) mass is 408 g/mol. The number of para-hydroxylation sites is 1. The van der Waals surface area contributed by atoms with Gasteiger partial charge in [-0.3, -0.25) is 9.36 Å². The minimum absolute atomic E-state index is 0.118. The number of benzene rings is 2. The molecule has 2 heterocycles. The van der Waals surface area contributed by atoms with Gasteiger partial charge in [0, 0.05) is 18.5 Å². The standard InChI is InChI=1S/C21H20N4O5/c1-3-29-16-9-8-13(12-17(16)28-2)19-23-18(30-24-19)10-11-25-20(26)14-6-4-5-7-15(14)22-21(25)27/h4-9,12H,3,10-11H2,1-2H3,(H,22,27). The minimum Gasteiger partial charge on any atom is -0.493 e.